The van der Waals surface area contributed by atoms with Crippen molar-refractivity contribution in [2.45, 2.75) is 13.3 Å². The molecule has 6 nitrogen and oxygen atoms in total. The van der Waals surface area contributed by atoms with E-state index in [9.17, 15) is 9.59 Å². The van der Waals surface area contributed by atoms with Crippen molar-refractivity contribution < 1.29 is 14.3 Å². The van der Waals surface area contributed by atoms with Gasteiger partial charge in [-0.2, -0.15) is 0 Å². The Kier molecular flexibility index (Phi) is 4.73. The summed E-state index contributed by atoms with van der Waals surface area (Å²) in [7, 11) is 0. The third kappa shape index (κ3) is 4.05. The lowest BCUT2D eigenvalue weighted by Crippen LogP contribution is -2.40. The number of hydrogen-bond donors (Lipinski definition) is 2. The number of ether oxygens (including phenoxy) is 1. The molecule has 1 heterocycles. The number of carbonyl (C=O) groups excluding carboxylic acids is 2. The molecule has 15 heavy (non-hydrogen) atoms. The molecule has 0 aliphatic carbocycles. The van der Waals surface area contributed by atoms with Crippen molar-refractivity contribution in [2.24, 2.45) is 0 Å². The lowest BCUT2D eigenvalue weighted by atomic mass is 10.5. The van der Waals surface area contributed by atoms with Crippen molar-refractivity contribution in [1.29, 1.82) is 0 Å². The minimum atomic E-state index is -0.300. The fraction of sp³-hybridized carbons (Fsp3) is 0.778. The highest BCUT2D eigenvalue weighted by molar-refractivity contribution is 5.74. The molecule has 0 aromatic heterocycles. The molecule has 1 fully saturated rings. The molecule has 1 saturated heterocycles. The van der Waals surface area contributed by atoms with Crippen LogP contribution in [0, 0.1) is 0 Å². The topological polar surface area (TPSA) is 70.7 Å². The Morgan fingerprint density at radius 1 is 1.47 bits per heavy atom. The van der Waals surface area contributed by atoms with Crippen LogP contribution in [-0.2, 0) is 4.74 Å². The maximum atomic E-state index is 11.1. The number of nitrogens with zero attached hydrogens (tertiary/aromatic N) is 1. The second-order valence-electron chi connectivity index (χ2n) is 3.28. The van der Waals surface area contributed by atoms with Crippen LogP contribution in [-0.4, -0.2) is 49.8 Å². The van der Waals surface area contributed by atoms with Crippen molar-refractivity contribution in [3.8, 4) is 0 Å². The summed E-state index contributed by atoms with van der Waals surface area (Å²) in [5, 5.41) is 5.35. The molecule has 0 radical (unpaired) electrons. The van der Waals surface area contributed by atoms with E-state index in [-0.39, 0.29) is 12.1 Å². The summed E-state index contributed by atoms with van der Waals surface area (Å²) in [4.78, 5) is 23.7. The van der Waals surface area contributed by atoms with E-state index in [1.54, 1.807) is 4.90 Å². The smallest absolute Gasteiger partial charge is 0.409 e. The highest BCUT2D eigenvalue weighted by Crippen LogP contribution is 2.00. The molecule has 0 bridgehead atoms. The summed E-state index contributed by atoms with van der Waals surface area (Å²) in [6.07, 6.45) is 0.608. The lowest BCUT2D eigenvalue weighted by molar-refractivity contribution is 0.158. The number of cyclic esters (lactones) is 1. The summed E-state index contributed by atoms with van der Waals surface area (Å²) >= 11 is 0. The Morgan fingerprint density at radius 3 is 2.80 bits per heavy atom. The molecule has 0 unspecified atom stereocenters. The summed E-state index contributed by atoms with van der Waals surface area (Å²) in [5.41, 5.74) is 0. The Morgan fingerprint density at radius 2 is 2.20 bits per heavy atom. The van der Waals surface area contributed by atoms with Gasteiger partial charge in [0.15, 0.2) is 0 Å². The molecule has 0 spiro atoms. The number of rotatable bonds is 5. The maximum Gasteiger partial charge on any atom is 0.409 e. The highest BCUT2D eigenvalue weighted by Gasteiger charge is 2.20. The van der Waals surface area contributed by atoms with Gasteiger partial charge in [0.25, 0.3) is 0 Å². The van der Waals surface area contributed by atoms with E-state index in [0.29, 0.717) is 32.8 Å². The van der Waals surface area contributed by atoms with Gasteiger partial charge in [-0.25, -0.2) is 9.59 Å². The second-order valence-corrected chi connectivity index (χ2v) is 3.28. The largest absolute Gasteiger partial charge is 0.448 e. The van der Waals surface area contributed by atoms with Crippen molar-refractivity contribution in [3.63, 3.8) is 0 Å². The maximum absolute atomic E-state index is 11.1. The average Bonchev–Trinajstić information content (AvgIpc) is 2.61. The zero-order valence-corrected chi connectivity index (χ0v) is 8.91. The molecule has 1 aliphatic heterocycles. The first-order chi connectivity index (χ1) is 7.24. The van der Waals surface area contributed by atoms with Gasteiger partial charge in [0.2, 0.25) is 0 Å². The van der Waals surface area contributed by atoms with Gasteiger partial charge in [0, 0.05) is 19.6 Å². The molecule has 6 heteroatoms. The van der Waals surface area contributed by atoms with Gasteiger partial charge < -0.3 is 20.3 Å². The normalized spacial score (nSPS) is 15.0. The summed E-state index contributed by atoms with van der Waals surface area (Å²) in [6, 6.07) is -0.190. The molecule has 1 rings (SSSR count). The number of hydrogen-bond acceptors (Lipinski definition) is 3. The predicted octanol–water partition coefficient (Wildman–Crippen LogP) is 0.148. The van der Waals surface area contributed by atoms with E-state index in [4.69, 9.17) is 4.74 Å². The van der Waals surface area contributed by atoms with Gasteiger partial charge in [0.1, 0.15) is 6.61 Å². The van der Waals surface area contributed by atoms with E-state index >= 15 is 0 Å². The molecular weight excluding hydrogens is 198 g/mol. The Hall–Kier alpha value is -1.46. The summed E-state index contributed by atoms with van der Waals surface area (Å²) in [5.74, 6) is 0. The van der Waals surface area contributed by atoms with Crippen LogP contribution >= 0.6 is 0 Å². The Labute approximate surface area is 88.9 Å². The zero-order chi connectivity index (χ0) is 11.1. The van der Waals surface area contributed by atoms with Crippen molar-refractivity contribution >= 4 is 12.1 Å². The molecule has 0 saturated carbocycles. The molecular formula is C9H17N3O3. The van der Waals surface area contributed by atoms with Crippen molar-refractivity contribution in [3.05, 3.63) is 0 Å². The number of carbonyl (C=O) groups is 2. The van der Waals surface area contributed by atoms with Gasteiger partial charge in [-0.05, 0) is 6.42 Å². The quantitative estimate of drug-likeness (QED) is 0.685. The highest BCUT2D eigenvalue weighted by atomic mass is 16.6. The van der Waals surface area contributed by atoms with Crippen LogP contribution in [0.1, 0.15) is 13.3 Å². The lowest BCUT2D eigenvalue weighted by Gasteiger charge is -2.13. The minimum Gasteiger partial charge on any atom is -0.448 e. The Bertz CT molecular complexity index is 233. The van der Waals surface area contributed by atoms with Gasteiger partial charge in [-0.15, -0.1) is 0 Å². The number of nitrogens with one attached hydrogen (secondary N) is 2. The first-order valence-electron chi connectivity index (χ1n) is 5.17. The third-order valence-electron chi connectivity index (χ3n) is 2.05. The molecule has 86 valence electrons. The fourth-order valence-electron chi connectivity index (χ4n) is 1.23. The van der Waals surface area contributed by atoms with Crippen LogP contribution in [0.4, 0.5) is 9.59 Å². The van der Waals surface area contributed by atoms with Crippen molar-refractivity contribution in [2.75, 3.05) is 32.8 Å². The molecule has 1 aliphatic rings. The first kappa shape index (κ1) is 11.6. The molecule has 0 aromatic carbocycles. The van der Waals surface area contributed by atoms with E-state index in [2.05, 4.69) is 10.6 Å². The van der Waals surface area contributed by atoms with Crippen molar-refractivity contribution in [1.82, 2.24) is 15.5 Å². The minimum absolute atomic E-state index is 0.190. The van der Waals surface area contributed by atoms with Gasteiger partial charge in [-0.3, -0.25) is 0 Å². The van der Waals surface area contributed by atoms with Crippen LogP contribution < -0.4 is 10.6 Å². The first-order valence-corrected chi connectivity index (χ1v) is 5.17. The zero-order valence-electron chi connectivity index (χ0n) is 8.91. The van der Waals surface area contributed by atoms with Crippen LogP contribution in [0.15, 0.2) is 0 Å². The summed E-state index contributed by atoms with van der Waals surface area (Å²) < 4.78 is 4.75. The standard InChI is InChI=1S/C9H17N3O3/c1-2-3-10-8(13)11-4-5-12-6-7-15-9(12)14/h2-7H2,1H3,(H2,10,11,13). The molecule has 3 amide bonds. The second kappa shape index (κ2) is 6.10. The summed E-state index contributed by atoms with van der Waals surface area (Å²) in [6.45, 7) is 4.65. The number of urea groups is 1. The average molecular weight is 215 g/mol. The third-order valence-corrected chi connectivity index (χ3v) is 2.05. The van der Waals surface area contributed by atoms with E-state index in [1.807, 2.05) is 6.92 Å². The van der Waals surface area contributed by atoms with Crippen LogP contribution in [0.2, 0.25) is 0 Å². The SMILES string of the molecule is CCCNC(=O)NCCN1CCOC1=O. The predicted molar refractivity (Wildman–Crippen MR) is 54.6 cm³/mol. The Balaban J connectivity index is 2.05. The van der Waals surface area contributed by atoms with Crippen LogP contribution in [0.25, 0.3) is 0 Å². The van der Waals surface area contributed by atoms with Gasteiger partial charge in [-0.1, -0.05) is 6.92 Å². The van der Waals surface area contributed by atoms with Gasteiger partial charge in [0.05, 0.1) is 6.54 Å². The van der Waals surface area contributed by atoms with Crippen LogP contribution in [0.3, 0.4) is 0 Å². The van der Waals surface area contributed by atoms with Gasteiger partial charge >= 0.3 is 12.1 Å². The molecule has 0 aromatic rings. The van der Waals surface area contributed by atoms with Crippen LogP contribution in [0.5, 0.6) is 0 Å². The molecule has 2 N–H and O–H groups in total. The van der Waals surface area contributed by atoms with E-state index in [1.165, 1.54) is 0 Å². The van der Waals surface area contributed by atoms with E-state index < -0.39 is 0 Å². The monoisotopic (exact) mass is 215 g/mol. The molecule has 0 atom stereocenters. The fourth-order valence-corrected chi connectivity index (χ4v) is 1.23. The van der Waals surface area contributed by atoms with E-state index in [0.717, 1.165) is 6.42 Å². The number of amides is 3.